The molecule has 0 saturated heterocycles. The van der Waals surface area contributed by atoms with Crippen LogP contribution in [0, 0.1) is 0 Å². The molecule has 1 N–H and O–H groups in total. The molecule has 1 saturated carbocycles. The van der Waals surface area contributed by atoms with Gasteiger partial charge in [-0.15, -0.1) is 0 Å². The fraction of sp³-hybridized carbons (Fsp3) is 0.583. The zero-order valence-corrected chi connectivity index (χ0v) is 10.3. The molecule has 0 atom stereocenters. The van der Waals surface area contributed by atoms with Gasteiger partial charge in [-0.2, -0.15) is 0 Å². The molecular weight excluding hydrogens is 224 g/mol. The van der Waals surface area contributed by atoms with Crippen LogP contribution in [0.25, 0.3) is 0 Å². The molecule has 0 aromatic carbocycles. The molecule has 2 rings (SSSR count). The number of ether oxygens (including phenoxy) is 1. The van der Waals surface area contributed by atoms with E-state index in [0.29, 0.717) is 16.9 Å². The van der Waals surface area contributed by atoms with Gasteiger partial charge in [-0.3, -0.25) is 0 Å². The highest BCUT2D eigenvalue weighted by molar-refractivity contribution is 6.33. The largest absolute Gasteiger partial charge is 0.479 e. The summed E-state index contributed by atoms with van der Waals surface area (Å²) in [6.45, 7) is 0. The van der Waals surface area contributed by atoms with Gasteiger partial charge in [0, 0.05) is 12.2 Å². The number of nitrogens with zero attached hydrogens (tertiary/aromatic N) is 1. The smallest absolute Gasteiger partial charge is 0.238 e. The first-order valence-electron chi connectivity index (χ1n) is 5.76. The Morgan fingerprint density at radius 1 is 1.38 bits per heavy atom. The van der Waals surface area contributed by atoms with Crippen molar-refractivity contribution in [2.75, 3.05) is 12.4 Å². The van der Waals surface area contributed by atoms with Gasteiger partial charge in [0.25, 0.3) is 0 Å². The fourth-order valence-electron chi connectivity index (χ4n) is 2.16. The lowest BCUT2D eigenvalue weighted by atomic mass is 9.95. The third-order valence-corrected chi connectivity index (χ3v) is 3.33. The number of nitrogens with one attached hydrogen (secondary N) is 1. The maximum absolute atomic E-state index is 6.14. The average Bonchev–Trinajstić information content (AvgIpc) is 2.33. The third kappa shape index (κ3) is 2.59. The van der Waals surface area contributed by atoms with Crippen LogP contribution < -0.4 is 10.1 Å². The second-order valence-electron chi connectivity index (χ2n) is 4.16. The number of methoxy groups -OCH3 is 1. The Morgan fingerprint density at radius 3 is 2.81 bits per heavy atom. The van der Waals surface area contributed by atoms with E-state index in [2.05, 4.69) is 10.3 Å². The molecule has 1 fully saturated rings. The number of hydrogen-bond donors (Lipinski definition) is 1. The van der Waals surface area contributed by atoms with Crippen LogP contribution in [-0.2, 0) is 0 Å². The van der Waals surface area contributed by atoms with Crippen LogP contribution in [0.2, 0.25) is 5.02 Å². The minimum Gasteiger partial charge on any atom is -0.479 e. The van der Waals surface area contributed by atoms with E-state index in [4.69, 9.17) is 16.3 Å². The van der Waals surface area contributed by atoms with Crippen molar-refractivity contribution in [2.45, 2.75) is 38.1 Å². The molecule has 1 aliphatic rings. The summed E-state index contributed by atoms with van der Waals surface area (Å²) in [5.41, 5.74) is 0.832. The van der Waals surface area contributed by atoms with Crippen molar-refractivity contribution in [1.29, 1.82) is 0 Å². The standard InChI is InChI=1S/C12H17ClN2O/c1-16-12-11(10(13)7-8-14-12)15-9-5-3-2-4-6-9/h7-9,15H,2-6H2,1H3. The van der Waals surface area contributed by atoms with Gasteiger partial charge >= 0.3 is 0 Å². The SMILES string of the molecule is COc1nccc(Cl)c1NC1CCCCC1. The highest BCUT2D eigenvalue weighted by atomic mass is 35.5. The van der Waals surface area contributed by atoms with Gasteiger partial charge in [0.1, 0.15) is 5.69 Å². The zero-order chi connectivity index (χ0) is 11.4. The Labute approximate surface area is 101 Å². The van der Waals surface area contributed by atoms with Crippen molar-refractivity contribution in [3.63, 3.8) is 0 Å². The summed E-state index contributed by atoms with van der Waals surface area (Å²) in [5, 5.41) is 4.13. The molecule has 4 heteroatoms. The van der Waals surface area contributed by atoms with Crippen LogP contribution in [0.3, 0.4) is 0 Å². The van der Waals surface area contributed by atoms with E-state index in [9.17, 15) is 0 Å². The molecule has 0 spiro atoms. The number of hydrogen-bond acceptors (Lipinski definition) is 3. The first-order valence-corrected chi connectivity index (χ1v) is 6.14. The van der Waals surface area contributed by atoms with Crippen LogP contribution >= 0.6 is 11.6 Å². The predicted molar refractivity (Wildman–Crippen MR) is 66.3 cm³/mol. The van der Waals surface area contributed by atoms with Crippen LogP contribution in [0.4, 0.5) is 5.69 Å². The van der Waals surface area contributed by atoms with Gasteiger partial charge in [0.15, 0.2) is 0 Å². The van der Waals surface area contributed by atoms with E-state index in [-0.39, 0.29) is 0 Å². The van der Waals surface area contributed by atoms with Crippen molar-refractivity contribution >= 4 is 17.3 Å². The quantitative estimate of drug-likeness (QED) is 0.878. The van der Waals surface area contributed by atoms with E-state index in [1.807, 2.05) is 0 Å². The topological polar surface area (TPSA) is 34.1 Å². The summed E-state index contributed by atoms with van der Waals surface area (Å²) < 4.78 is 5.21. The molecule has 0 aliphatic heterocycles. The maximum Gasteiger partial charge on any atom is 0.238 e. The van der Waals surface area contributed by atoms with Crippen molar-refractivity contribution in [2.24, 2.45) is 0 Å². The second-order valence-corrected chi connectivity index (χ2v) is 4.56. The second kappa shape index (κ2) is 5.39. The van der Waals surface area contributed by atoms with Gasteiger partial charge < -0.3 is 10.1 Å². The van der Waals surface area contributed by atoms with Crippen molar-refractivity contribution in [1.82, 2.24) is 4.98 Å². The summed E-state index contributed by atoms with van der Waals surface area (Å²) in [6.07, 6.45) is 7.99. The Morgan fingerprint density at radius 2 is 2.12 bits per heavy atom. The average molecular weight is 241 g/mol. The first-order chi connectivity index (χ1) is 7.81. The Hall–Kier alpha value is -0.960. The number of anilines is 1. The van der Waals surface area contributed by atoms with Gasteiger partial charge in [-0.25, -0.2) is 4.98 Å². The van der Waals surface area contributed by atoms with Crippen molar-refractivity contribution < 1.29 is 4.74 Å². The number of pyridine rings is 1. The molecular formula is C12H17ClN2O. The van der Waals surface area contributed by atoms with Gasteiger partial charge in [0.05, 0.1) is 12.1 Å². The minimum absolute atomic E-state index is 0.504. The molecule has 16 heavy (non-hydrogen) atoms. The monoisotopic (exact) mass is 240 g/mol. The molecule has 3 nitrogen and oxygen atoms in total. The van der Waals surface area contributed by atoms with Gasteiger partial charge in [-0.05, 0) is 18.9 Å². The lowest BCUT2D eigenvalue weighted by Gasteiger charge is -2.24. The Bertz CT molecular complexity index is 351. The molecule has 0 unspecified atom stereocenters. The summed E-state index contributed by atoms with van der Waals surface area (Å²) >= 11 is 6.14. The van der Waals surface area contributed by atoms with Gasteiger partial charge in [-0.1, -0.05) is 30.9 Å². The Balaban J connectivity index is 2.12. The minimum atomic E-state index is 0.504. The summed E-state index contributed by atoms with van der Waals surface area (Å²) in [5.74, 6) is 0.582. The van der Waals surface area contributed by atoms with Crippen molar-refractivity contribution in [3.8, 4) is 5.88 Å². The molecule has 88 valence electrons. The summed E-state index contributed by atoms with van der Waals surface area (Å²) in [6, 6.07) is 2.29. The summed E-state index contributed by atoms with van der Waals surface area (Å²) in [7, 11) is 1.62. The normalized spacial score (nSPS) is 17.1. The fourth-order valence-corrected chi connectivity index (χ4v) is 2.35. The van der Waals surface area contributed by atoms with Crippen LogP contribution in [0.15, 0.2) is 12.3 Å². The molecule has 0 amide bonds. The zero-order valence-electron chi connectivity index (χ0n) is 9.50. The molecule has 1 heterocycles. The number of aromatic nitrogens is 1. The van der Waals surface area contributed by atoms with E-state index >= 15 is 0 Å². The number of halogens is 1. The molecule has 0 radical (unpaired) electrons. The van der Waals surface area contributed by atoms with E-state index in [0.717, 1.165) is 5.69 Å². The number of rotatable bonds is 3. The van der Waals surface area contributed by atoms with Crippen molar-refractivity contribution in [3.05, 3.63) is 17.3 Å². The third-order valence-electron chi connectivity index (χ3n) is 3.01. The van der Waals surface area contributed by atoms with Gasteiger partial charge in [0.2, 0.25) is 5.88 Å². The maximum atomic E-state index is 6.14. The van der Waals surface area contributed by atoms with E-state index in [1.165, 1.54) is 32.1 Å². The van der Waals surface area contributed by atoms with E-state index in [1.54, 1.807) is 19.4 Å². The highest BCUT2D eigenvalue weighted by Crippen LogP contribution is 2.32. The van der Waals surface area contributed by atoms with Crippen LogP contribution in [0.1, 0.15) is 32.1 Å². The molecule has 1 aliphatic carbocycles. The Kier molecular flexibility index (Phi) is 3.88. The summed E-state index contributed by atoms with van der Waals surface area (Å²) in [4.78, 5) is 4.15. The predicted octanol–water partition coefficient (Wildman–Crippen LogP) is 3.49. The lowest BCUT2D eigenvalue weighted by Crippen LogP contribution is -2.22. The molecule has 0 bridgehead atoms. The molecule has 1 aromatic heterocycles. The van der Waals surface area contributed by atoms with E-state index < -0.39 is 0 Å². The lowest BCUT2D eigenvalue weighted by molar-refractivity contribution is 0.397. The molecule has 1 aromatic rings. The first kappa shape index (κ1) is 11.5. The van der Waals surface area contributed by atoms with Crippen LogP contribution in [0.5, 0.6) is 5.88 Å². The highest BCUT2D eigenvalue weighted by Gasteiger charge is 2.17. The van der Waals surface area contributed by atoms with Crippen LogP contribution in [-0.4, -0.2) is 18.1 Å².